The van der Waals surface area contributed by atoms with Gasteiger partial charge in [0.1, 0.15) is 0 Å². The molecule has 1 saturated carbocycles. The molecule has 0 heteroatoms. The van der Waals surface area contributed by atoms with Gasteiger partial charge in [-0.15, -0.1) is 0 Å². The first-order chi connectivity index (χ1) is 5.40. The fourth-order valence-electron chi connectivity index (χ4n) is 1.38. The van der Waals surface area contributed by atoms with Gasteiger partial charge in [0.05, 0.1) is 0 Å². The molecule has 0 aliphatic heterocycles. The van der Waals surface area contributed by atoms with E-state index in [1.807, 2.05) is 0 Å². The van der Waals surface area contributed by atoms with Crippen LogP contribution in [0.2, 0.25) is 0 Å². The first-order valence-electron chi connectivity index (χ1n) is 4.29. The number of hydrogen-bond acceptors (Lipinski definition) is 0. The summed E-state index contributed by atoms with van der Waals surface area (Å²) in [7, 11) is 0. The van der Waals surface area contributed by atoms with Gasteiger partial charge in [0.25, 0.3) is 0 Å². The van der Waals surface area contributed by atoms with E-state index in [2.05, 4.69) is 37.6 Å². The van der Waals surface area contributed by atoms with Crippen LogP contribution in [0.1, 0.15) is 36.8 Å². The quantitative estimate of drug-likeness (QED) is 0.599. The summed E-state index contributed by atoms with van der Waals surface area (Å²) in [6, 6.07) is 8.92. The van der Waals surface area contributed by atoms with Crippen LogP contribution in [0.5, 0.6) is 0 Å². The van der Waals surface area contributed by atoms with Crippen molar-refractivity contribution in [3.8, 4) is 0 Å². The highest BCUT2D eigenvalue weighted by molar-refractivity contribution is 5.30. The molecule has 0 spiro atoms. The van der Waals surface area contributed by atoms with Crippen LogP contribution in [0, 0.1) is 6.42 Å². The van der Waals surface area contributed by atoms with Crippen molar-refractivity contribution in [2.45, 2.75) is 25.7 Å². The first kappa shape index (κ1) is 6.90. The second kappa shape index (κ2) is 2.69. The third kappa shape index (κ3) is 1.45. The summed E-state index contributed by atoms with van der Waals surface area (Å²) < 4.78 is 0. The van der Waals surface area contributed by atoms with E-state index in [9.17, 15) is 0 Å². The van der Waals surface area contributed by atoms with Crippen molar-refractivity contribution in [3.05, 3.63) is 41.8 Å². The predicted octanol–water partition coefficient (Wildman–Crippen LogP) is 3.14. The molecule has 0 amide bonds. The molecule has 1 radical (unpaired) electrons. The van der Waals surface area contributed by atoms with Crippen LogP contribution in [-0.4, -0.2) is 0 Å². The molecule has 2 rings (SSSR count). The van der Waals surface area contributed by atoms with E-state index >= 15 is 0 Å². The average molecular weight is 145 g/mol. The van der Waals surface area contributed by atoms with Crippen molar-refractivity contribution < 1.29 is 0 Å². The first-order valence-corrected chi connectivity index (χ1v) is 4.29. The lowest BCUT2D eigenvalue weighted by atomic mass is 10.1. The van der Waals surface area contributed by atoms with Crippen molar-refractivity contribution in [1.29, 1.82) is 0 Å². The lowest BCUT2D eigenvalue weighted by Crippen LogP contribution is -1.80. The Bertz CT molecular complexity index is 229. The average Bonchev–Trinajstić information content (AvgIpc) is 2.87. The maximum atomic E-state index is 2.26. The van der Waals surface area contributed by atoms with Gasteiger partial charge in [-0.25, -0.2) is 0 Å². The molecule has 0 atom stereocenters. The Kier molecular flexibility index (Phi) is 1.69. The molecule has 0 nitrogen and oxygen atoms in total. The van der Waals surface area contributed by atoms with Gasteiger partial charge in [-0.1, -0.05) is 31.2 Å². The van der Waals surface area contributed by atoms with E-state index in [4.69, 9.17) is 0 Å². The summed E-state index contributed by atoms with van der Waals surface area (Å²) in [4.78, 5) is 0. The van der Waals surface area contributed by atoms with Gasteiger partial charge in [0.15, 0.2) is 0 Å². The number of rotatable bonds is 2. The second-order valence-electron chi connectivity index (χ2n) is 3.23. The molecule has 1 fully saturated rings. The van der Waals surface area contributed by atoms with Gasteiger partial charge in [-0.2, -0.15) is 0 Å². The van der Waals surface area contributed by atoms with Gasteiger partial charge in [-0.05, 0) is 36.3 Å². The third-order valence-electron chi connectivity index (χ3n) is 2.32. The predicted molar refractivity (Wildman–Crippen MR) is 47.5 cm³/mol. The Hall–Kier alpha value is -0.780. The molecule has 0 bridgehead atoms. The Labute approximate surface area is 68.3 Å². The molecule has 57 valence electrons. The summed E-state index contributed by atoms with van der Waals surface area (Å²) in [5.41, 5.74) is 2.85. The normalized spacial score (nSPS) is 16.8. The minimum Gasteiger partial charge on any atom is -0.0585 e. The smallest absolute Gasteiger partial charge is 0.0124 e. The highest BCUT2D eigenvalue weighted by Crippen LogP contribution is 2.39. The number of benzene rings is 1. The van der Waals surface area contributed by atoms with Crippen molar-refractivity contribution in [3.63, 3.8) is 0 Å². The van der Waals surface area contributed by atoms with Crippen LogP contribution in [0.3, 0.4) is 0 Å². The van der Waals surface area contributed by atoms with E-state index < -0.39 is 0 Å². The van der Waals surface area contributed by atoms with Crippen LogP contribution in [-0.2, 0) is 0 Å². The summed E-state index contributed by atoms with van der Waals surface area (Å²) in [5.74, 6) is 0.890. The van der Waals surface area contributed by atoms with Crippen LogP contribution in [0.4, 0.5) is 0 Å². The minimum absolute atomic E-state index is 0.890. The highest BCUT2D eigenvalue weighted by atomic mass is 14.3. The lowest BCUT2D eigenvalue weighted by Gasteiger charge is -1.98. The fraction of sp³-hybridized carbons (Fsp3) is 0.364. The molecule has 0 aromatic heterocycles. The number of hydrogen-bond donors (Lipinski definition) is 0. The van der Waals surface area contributed by atoms with Crippen LogP contribution in [0.25, 0.3) is 0 Å². The summed E-state index contributed by atoms with van der Waals surface area (Å²) >= 11 is 0. The largest absolute Gasteiger partial charge is 0.0585 e. The van der Waals surface area contributed by atoms with Crippen molar-refractivity contribution in [2.75, 3.05) is 0 Å². The SMILES string of the molecule is C[CH]c1ccc(C2CC2)cc1. The van der Waals surface area contributed by atoms with E-state index in [0.29, 0.717) is 0 Å². The zero-order valence-electron chi connectivity index (χ0n) is 6.88. The maximum Gasteiger partial charge on any atom is -0.0124 e. The molecule has 1 aliphatic rings. The molecule has 1 aromatic carbocycles. The van der Waals surface area contributed by atoms with Gasteiger partial charge in [0, 0.05) is 0 Å². The summed E-state index contributed by atoms with van der Waals surface area (Å²) in [6.45, 7) is 2.08. The topological polar surface area (TPSA) is 0 Å². The molecular formula is C11H13. The molecule has 0 N–H and O–H groups in total. The maximum absolute atomic E-state index is 2.26. The highest BCUT2D eigenvalue weighted by Gasteiger charge is 2.22. The fourth-order valence-corrected chi connectivity index (χ4v) is 1.38. The zero-order valence-corrected chi connectivity index (χ0v) is 6.88. The molecular weight excluding hydrogens is 132 g/mol. The van der Waals surface area contributed by atoms with E-state index in [0.717, 1.165) is 5.92 Å². The Balaban J connectivity index is 2.19. The minimum atomic E-state index is 0.890. The summed E-state index contributed by atoms with van der Waals surface area (Å²) in [5, 5.41) is 0. The third-order valence-corrected chi connectivity index (χ3v) is 2.32. The standard InChI is InChI=1S/C11H13/c1-2-9-3-5-10(6-4-9)11-7-8-11/h2-6,11H,7-8H2,1H3. The monoisotopic (exact) mass is 145 g/mol. The van der Waals surface area contributed by atoms with Crippen LogP contribution < -0.4 is 0 Å². The van der Waals surface area contributed by atoms with Gasteiger partial charge < -0.3 is 0 Å². The molecule has 1 aliphatic carbocycles. The molecule has 11 heavy (non-hydrogen) atoms. The van der Waals surface area contributed by atoms with Crippen LogP contribution >= 0.6 is 0 Å². The Morgan fingerprint density at radius 2 is 1.82 bits per heavy atom. The Morgan fingerprint density at radius 1 is 1.18 bits per heavy atom. The van der Waals surface area contributed by atoms with Crippen molar-refractivity contribution in [1.82, 2.24) is 0 Å². The molecule has 0 unspecified atom stereocenters. The van der Waals surface area contributed by atoms with Gasteiger partial charge >= 0.3 is 0 Å². The van der Waals surface area contributed by atoms with E-state index in [1.54, 1.807) is 0 Å². The zero-order chi connectivity index (χ0) is 7.68. The summed E-state index contributed by atoms with van der Waals surface area (Å²) in [6.07, 6.45) is 4.93. The van der Waals surface area contributed by atoms with Crippen molar-refractivity contribution in [2.24, 2.45) is 0 Å². The van der Waals surface area contributed by atoms with Crippen molar-refractivity contribution >= 4 is 0 Å². The van der Waals surface area contributed by atoms with Gasteiger partial charge in [0.2, 0.25) is 0 Å². The lowest BCUT2D eigenvalue weighted by molar-refractivity contribution is 1.13. The molecule has 0 heterocycles. The van der Waals surface area contributed by atoms with E-state index in [-0.39, 0.29) is 0 Å². The van der Waals surface area contributed by atoms with E-state index in [1.165, 1.54) is 24.0 Å². The van der Waals surface area contributed by atoms with Gasteiger partial charge in [-0.3, -0.25) is 0 Å². The second-order valence-corrected chi connectivity index (χ2v) is 3.23. The van der Waals surface area contributed by atoms with Crippen LogP contribution in [0.15, 0.2) is 24.3 Å². The molecule has 0 saturated heterocycles. The Morgan fingerprint density at radius 3 is 2.27 bits per heavy atom. The molecule has 1 aromatic rings.